The summed E-state index contributed by atoms with van der Waals surface area (Å²) >= 11 is 1.50. The van der Waals surface area contributed by atoms with E-state index in [1.54, 1.807) is 6.92 Å². The lowest BCUT2D eigenvalue weighted by molar-refractivity contribution is -0.669. The van der Waals surface area contributed by atoms with Crippen LogP contribution in [0.15, 0.2) is 24.4 Å². The van der Waals surface area contributed by atoms with Gasteiger partial charge in [0.2, 0.25) is 17.1 Å². The van der Waals surface area contributed by atoms with Crippen molar-refractivity contribution in [3.8, 4) is 0 Å². The van der Waals surface area contributed by atoms with Gasteiger partial charge in [0.25, 0.3) is 0 Å². The van der Waals surface area contributed by atoms with Gasteiger partial charge in [-0.3, -0.25) is 4.79 Å². The minimum atomic E-state index is -1.09. The molecule has 2 aliphatic heterocycles. The highest BCUT2D eigenvalue weighted by molar-refractivity contribution is 7.18. The fraction of sp³-hybridized carbons (Fsp3) is 0.400. The number of carbonyl (C=O) groups excluding carboxylic acids is 1. The minimum absolute atomic E-state index is 0.0609. The van der Waals surface area contributed by atoms with Gasteiger partial charge in [0.1, 0.15) is 18.1 Å². The molecule has 120 valence electrons. The van der Waals surface area contributed by atoms with Gasteiger partial charge in [-0.2, -0.15) is 4.40 Å². The van der Waals surface area contributed by atoms with Crippen molar-refractivity contribution in [2.75, 3.05) is 0 Å². The van der Waals surface area contributed by atoms with Gasteiger partial charge in [0.15, 0.2) is 0 Å². The van der Waals surface area contributed by atoms with Crippen molar-refractivity contribution >= 4 is 33.6 Å². The number of carboxylic acids is 1. The molecule has 4 rings (SSSR count). The van der Waals surface area contributed by atoms with Crippen LogP contribution in [0.3, 0.4) is 0 Å². The van der Waals surface area contributed by atoms with Gasteiger partial charge in [0, 0.05) is 5.57 Å². The molecule has 0 aromatic carbocycles. The van der Waals surface area contributed by atoms with Crippen molar-refractivity contribution in [2.24, 2.45) is 13.0 Å². The summed E-state index contributed by atoms with van der Waals surface area (Å²) in [6, 6.07) is -0.249. The Balaban J connectivity index is 1.79. The summed E-state index contributed by atoms with van der Waals surface area (Å²) in [5, 5.41) is 19.3. The van der Waals surface area contributed by atoms with Gasteiger partial charge in [-0.05, 0) is 13.3 Å². The predicted octanol–water partition coefficient (Wildman–Crippen LogP) is 0.232. The molecule has 7 nitrogen and oxygen atoms in total. The van der Waals surface area contributed by atoms with Gasteiger partial charge in [0.05, 0.1) is 30.0 Å². The maximum Gasteiger partial charge on any atom is 0.352 e. The third-order valence-corrected chi connectivity index (χ3v) is 5.67. The van der Waals surface area contributed by atoms with E-state index < -0.39 is 18.0 Å². The lowest BCUT2D eigenvalue weighted by atomic mass is 9.83. The zero-order valence-electron chi connectivity index (χ0n) is 12.6. The van der Waals surface area contributed by atoms with E-state index in [1.807, 2.05) is 34.7 Å². The lowest BCUT2D eigenvalue weighted by Gasteiger charge is -2.44. The number of aliphatic hydroxyl groups is 1. The van der Waals surface area contributed by atoms with Crippen molar-refractivity contribution in [3.63, 3.8) is 0 Å². The Morgan fingerprint density at radius 3 is 2.87 bits per heavy atom. The molecule has 1 amide bonds. The predicted molar refractivity (Wildman–Crippen MR) is 81.4 cm³/mol. The SMILES string of the molecule is C[C@@H](O)[C@H]1C(=O)N2C(C(=O)O)=C(c3cn4c[n+](C)cc4s3)C[C@H]12. The summed E-state index contributed by atoms with van der Waals surface area (Å²) in [5.74, 6) is -1.90. The number of aliphatic hydroxyl groups excluding tert-OH is 1. The Morgan fingerprint density at radius 2 is 2.26 bits per heavy atom. The highest BCUT2D eigenvalue weighted by Crippen LogP contribution is 2.47. The topological polar surface area (TPSA) is 86.1 Å². The van der Waals surface area contributed by atoms with Crippen LogP contribution in [-0.2, 0) is 16.6 Å². The molecular formula is C15H16N3O4S+. The minimum Gasteiger partial charge on any atom is -0.477 e. The van der Waals surface area contributed by atoms with Crippen LogP contribution >= 0.6 is 11.3 Å². The molecule has 8 heteroatoms. The second kappa shape index (κ2) is 4.65. The molecule has 2 aliphatic rings. The maximum atomic E-state index is 12.2. The van der Waals surface area contributed by atoms with Crippen molar-refractivity contribution in [1.82, 2.24) is 9.30 Å². The number of imidazole rings is 1. The number of carboxylic acid groups (broad SMARTS) is 1. The molecule has 2 aromatic heterocycles. The Bertz CT molecular complexity index is 847. The van der Waals surface area contributed by atoms with Crippen molar-refractivity contribution in [1.29, 1.82) is 0 Å². The molecule has 0 saturated carbocycles. The Morgan fingerprint density at radius 1 is 1.52 bits per heavy atom. The van der Waals surface area contributed by atoms with Crippen LogP contribution in [-0.4, -0.2) is 43.5 Å². The number of hydrogen-bond acceptors (Lipinski definition) is 4. The molecule has 0 radical (unpaired) electrons. The van der Waals surface area contributed by atoms with Crippen LogP contribution in [0.4, 0.5) is 0 Å². The molecule has 2 N–H and O–H groups in total. The molecule has 23 heavy (non-hydrogen) atoms. The molecule has 0 unspecified atom stereocenters. The van der Waals surface area contributed by atoms with E-state index >= 15 is 0 Å². The van der Waals surface area contributed by atoms with E-state index in [2.05, 4.69) is 0 Å². The molecule has 2 aromatic rings. The zero-order chi connectivity index (χ0) is 16.5. The van der Waals surface area contributed by atoms with Crippen molar-refractivity contribution in [2.45, 2.75) is 25.5 Å². The number of rotatable bonds is 3. The van der Waals surface area contributed by atoms with E-state index in [1.165, 1.54) is 16.2 Å². The highest BCUT2D eigenvalue weighted by atomic mass is 32.1. The summed E-state index contributed by atoms with van der Waals surface area (Å²) in [7, 11) is 1.93. The molecule has 1 saturated heterocycles. The molecule has 1 fully saturated rings. The monoisotopic (exact) mass is 334 g/mol. The lowest BCUT2D eigenvalue weighted by Crippen LogP contribution is -2.61. The Labute approximate surface area is 135 Å². The molecule has 0 spiro atoms. The van der Waals surface area contributed by atoms with Crippen molar-refractivity contribution < 1.29 is 24.4 Å². The summed E-state index contributed by atoms with van der Waals surface area (Å²) in [6.07, 6.45) is 5.47. The molecule has 4 heterocycles. The summed E-state index contributed by atoms with van der Waals surface area (Å²) in [6.45, 7) is 1.58. The maximum absolute atomic E-state index is 12.2. The first-order chi connectivity index (χ1) is 10.9. The van der Waals surface area contributed by atoms with Crippen LogP contribution in [0.1, 0.15) is 18.2 Å². The summed E-state index contributed by atoms with van der Waals surface area (Å²) in [4.78, 5) is 27.1. The standard InChI is InChI=1S/C15H15N3O4S/c1-7(19)12-9-3-8(13(15(21)22)18(9)14(12)20)10-4-17-6-16(2)5-11(17)23-10/h4-7,9,12,19H,3H2,1-2H3/p+1/t7-,9-,12-/m1/s1. The van der Waals surface area contributed by atoms with Gasteiger partial charge in [-0.25, -0.2) is 9.36 Å². The van der Waals surface area contributed by atoms with Gasteiger partial charge < -0.3 is 15.1 Å². The van der Waals surface area contributed by atoms with Crippen LogP contribution in [0.5, 0.6) is 0 Å². The summed E-state index contributed by atoms with van der Waals surface area (Å²) < 4.78 is 3.87. The number of aliphatic carboxylic acids is 1. The average Bonchev–Trinajstić information content (AvgIpc) is 3.06. The normalized spacial score (nSPS) is 25.0. The number of nitrogens with zero attached hydrogens (tertiary/aromatic N) is 3. The van der Waals surface area contributed by atoms with E-state index in [4.69, 9.17) is 0 Å². The van der Waals surface area contributed by atoms with Gasteiger partial charge in [-0.15, -0.1) is 0 Å². The fourth-order valence-electron chi connectivity index (χ4n) is 3.60. The average molecular weight is 334 g/mol. The number of aryl methyl sites for hydroxylation is 1. The van der Waals surface area contributed by atoms with Crippen LogP contribution in [0, 0.1) is 5.92 Å². The van der Waals surface area contributed by atoms with E-state index in [-0.39, 0.29) is 17.6 Å². The quantitative estimate of drug-likeness (QED) is 0.622. The number of thiazole rings is 1. The number of hydrogen-bond donors (Lipinski definition) is 2. The van der Waals surface area contributed by atoms with Crippen LogP contribution in [0.25, 0.3) is 10.4 Å². The number of amides is 1. The van der Waals surface area contributed by atoms with E-state index in [0.29, 0.717) is 12.0 Å². The third kappa shape index (κ3) is 1.88. The Hall–Kier alpha value is -2.19. The van der Waals surface area contributed by atoms with Crippen molar-refractivity contribution in [3.05, 3.63) is 29.3 Å². The van der Waals surface area contributed by atoms with E-state index in [0.717, 1.165) is 9.71 Å². The number of β-lactam (4-membered cyclic amide) rings is 1. The first kappa shape index (κ1) is 14.4. The molecular weight excluding hydrogens is 318 g/mol. The fourth-order valence-corrected chi connectivity index (χ4v) is 4.72. The zero-order valence-corrected chi connectivity index (χ0v) is 13.4. The van der Waals surface area contributed by atoms with Crippen LogP contribution < -0.4 is 4.57 Å². The first-order valence-electron chi connectivity index (χ1n) is 7.33. The van der Waals surface area contributed by atoms with Gasteiger partial charge in [-0.1, -0.05) is 11.3 Å². The van der Waals surface area contributed by atoms with Gasteiger partial charge >= 0.3 is 5.97 Å². The first-order valence-corrected chi connectivity index (χ1v) is 8.15. The van der Waals surface area contributed by atoms with Crippen LogP contribution in [0.2, 0.25) is 0 Å². The molecule has 3 atom stereocenters. The number of carbonyl (C=O) groups is 2. The summed E-state index contributed by atoms with van der Waals surface area (Å²) in [5.41, 5.74) is 0.737. The second-order valence-electron chi connectivity index (χ2n) is 6.13. The number of fused-ring (bicyclic) bond motifs is 2. The highest BCUT2D eigenvalue weighted by Gasteiger charge is 2.57. The number of aromatic nitrogens is 2. The van der Waals surface area contributed by atoms with E-state index in [9.17, 15) is 19.8 Å². The second-order valence-corrected chi connectivity index (χ2v) is 7.19. The molecule has 0 bridgehead atoms. The Kier molecular flexibility index (Phi) is 2.91. The largest absolute Gasteiger partial charge is 0.477 e. The molecule has 0 aliphatic carbocycles. The third-order valence-electron chi connectivity index (χ3n) is 4.57. The smallest absolute Gasteiger partial charge is 0.352 e.